The summed E-state index contributed by atoms with van der Waals surface area (Å²) >= 11 is 4.05. The van der Waals surface area contributed by atoms with Gasteiger partial charge >= 0.3 is 0 Å². The Morgan fingerprint density at radius 1 is 1.00 bits per heavy atom. The number of nitrogen functional groups attached to an aromatic ring is 1. The normalized spacial score (nSPS) is 18.4. The van der Waals surface area contributed by atoms with Crippen LogP contribution in [-0.4, -0.2) is 124 Å². The van der Waals surface area contributed by atoms with Crippen molar-refractivity contribution in [2.75, 3.05) is 93.4 Å². The Labute approximate surface area is 264 Å². The van der Waals surface area contributed by atoms with Crippen LogP contribution < -0.4 is 26.0 Å². The smallest absolute Gasteiger partial charge is 0.281 e. The van der Waals surface area contributed by atoms with E-state index in [1.54, 1.807) is 9.80 Å². The summed E-state index contributed by atoms with van der Waals surface area (Å²) in [7, 11) is 0. The van der Waals surface area contributed by atoms with Gasteiger partial charge < -0.3 is 40.5 Å². The first-order valence-corrected chi connectivity index (χ1v) is 15.4. The molecule has 3 aliphatic rings. The number of carbonyl (C=O) groups excluding carboxylic acids is 2. The molecule has 2 aromatic rings. The van der Waals surface area contributed by atoms with Gasteiger partial charge in [-0.2, -0.15) is 27.6 Å². The van der Waals surface area contributed by atoms with E-state index >= 15 is 0 Å². The van der Waals surface area contributed by atoms with Crippen molar-refractivity contribution < 1.29 is 28.2 Å². The number of halogens is 2. The summed E-state index contributed by atoms with van der Waals surface area (Å²) in [5.41, 5.74) is 4.94. The van der Waals surface area contributed by atoms with Gasteiger partial charge in [-0.1, -0.05) is 6.08 Å². The fraction of sp³-hybridized carbons (Fsp3) is 0.593. The zero-order chi connectivity index (χ0) is 31.9. The maximum atomic E-state index is 13.9. The number of rotatable bonds is 9. The second-order valence-corrected chi connectivity index (χ2v) is 11.1. The molecule has 15 nitrogen and oxygen atoms in total. The molecular formula is C27H36F2N11O4S-. The first-order valence-electron chi connectivity index (χ1n) is 14.8. The van der Waals surface area contributed by atoms with E-state index in [2.05, 4.69) is 42.9 Å². The molecule has 0 bridgehead atoms. The molecule has 0 aromatic carbocycles. The van der Waals surface area contributed by atoms with Gasteiger partial charge in [-0.15, -0.1) is 0 Å². The van der Waals surface area contributed by atoms with Crippen molar-refractivity contribution in [2.45, 2.75) is 19.3 Å². The molecule has 2 aromatic heterocycles. The van der Waals surface area contributed by atoms with Crippen molar-refractivity contribution in [3.05, 3.63) is 23.8 Å². The summed E-state index contributed by atoms with van der Waals surface area (Å²) in [6.07, 6.45) is 0.829. The third kappa shape index (κ3) is 7.97. The summed E-state index contributed by atoms with van der Waals surface area (Å²) in [4.78, 5) is 54.0. The monoisotopic (exact) mass is 648 g/mol. The molecule has 0 aliphatic carbocycles. The Morgan fingerprint density at radius 2 is 1.64 bits per heavy atom. The lowest BCUT2D eigenvalue weighted by atomic mass is 9.96. The van der Waals surface area contributed by atoms with Gasteiger partial charge in [-0.05, 0) is 18.7 Å². The molecule has 0 atom stereocenters. The molecule has 0 saturated carbocycles. The number of anilines is 3. The topological polar surface area (TPSA) is 182 Å². The lowest BCUT2D eigenvalue weighted by molar-refractivity contribution is -0.334. The second kappa shape index (κ2) is 14.8. The average molecular weight is 649 g/mol. The first-order chi connectivity index (χ1) is 21.7. The lowest BCUT2D eigenvalue weighted by Crippen LogP contribution is -2.52. The number of hydrogen-bond acceptors (Lipinski definition) is 14. The minimum absolute atomic E-state index is 0.00644. The second-order valence-electron chi connectivity index (χ2n) is 10.8. The Balaban J connectivity index is 1.21. The van der Waals surface area contributed by atoms with Crippen molar-refractivity contribution in [3.63, 3.8) is 0 Å². The van der Waals surface area contributed by atoms with Crippen molar-refractivity contribution >= 4 is 42.3 Å². The lowest BCUT2D eigenvalue weighted by Gasteiger charge is -2.37. The molecule has 45 heavy (non-hydrogen) atoms. The first kappa shape index (κ1) is 32.3. The predicted octanol–water partition coefficient (Wildman–Crippen LogP) is -0.707. The highest BCUT2D eigenvalue weighted by atomic mass is 32.1. The van der Waals surface area contributed by atoms with Gasteiger partial charge in [0.1, 0.15) is 5.69 Å². The number of nitrogens with one attached hydrogen (secondary N) is 1. The molecule has 18 heteroatoms. The van der Waals surface area contributed by atoms with Gasteiger partial charge in [0, 0.05) is 70.2 Å². The highest BCUT2D eigenvalue weighted by Crippen LogP contribution is 2.30. The molecule has 0 radical (unpaired) electrons. The fourth-order valence-corrected chi connectivity index (χ4v) is 5.57. The number of thiol groups is 1. The van der Waals surface area contributed by atoms with Crippen LogP contribution in [0.2, 0.25) is 0 Å². The molecule has 0 spiro atoms. The van der Waals surface area contributed by atoms with E-state index in [1.807, 2.05) is 9.80 Å². The van der Waals surface area contributed by atoms with Gasteiger partial charge in [-0.25, -0.2) is 18.7 Å². The van der Waals surface area contributed by atoms with Crippen LogP contribution in [0.25, 0.3) is 11.4 Å². The maximum absolute atomic E-state index is 13.9. The minimum atomic E-state index is -2.92. The van der Waals surface area contributed by atoms with Crippen molar-refractivity contribution in [1.82, 2.24) is 40.0 Å². The number of alkyl halides is 2. The molecule has 0 unspecified atom stereocenters. The summed E-state index contributed by atoms with van der Waals surface area (Å²) in [6, 6.07) is 0. The van der Waals surface area contributed by atoms with E-state index in [9.17, 15) is 23.5 Å². The van der Waals surface area contributed by atoms with Crippen LogP contribution >= 0.6 is 12.6 Å². The molecule has 244 valence electrons. The van der Waals surface area contributed by atoms with E-state index in [1.165, 1.54) is 12.3 Å². The average Bonchev–Trinajstić information content (AvgIpc) is 3.07. The molecule has 3 fully saturated rings. The van der Waals surface area contributed by atoms with Gasteiger partial charge in [-0.3, -0.25) is 9.59 Å². The van der Waals surface area contributed by atoms with E-state index < -0.39 is 12.1 Å². The quantitative estimate of drug-likeness (QED) is 0.229. The zero-order valence-electron chi connectivity index (χ0n) is 24.6. The maximum Gasteiger partial charge on any atom is 0.281 e. The van der Waals surface area contributed by atoms with E-state index in [0.717, 1.165) is 0 Å². The molecule has 5 heterocycles. The van der Waals surface area contributed by atoms with Crippen LogP contribution in [0.1, 0.15) is 25.0 Å². The van der Waals surface area contributed by atoms with Crippen molar-refractivity contribution in [2.24, 2.45) is 5.92 Å². The van der Waals surface area contributed by atoms with Crippen molar-refractivity contribution in [3.8, 4) is 11.4 Å². The SMILES string of the molecule is Nc1ncc(-c2nc(N3CCOCC3)nc(N3CCN(C(=O)CNC(=O)C4CCN(/C([O-])=C\CS)CC4)CC3)n2)c(C(F)F)n1. The standard InChI is InChI=1S/C27H37F2N11O4S/c28-22(29)21-18(15-32-25(30)33-21)23-34-26(36-27(35-23)40-10-12-44-13-11-40)39-8-6-38(7-9-39)20(42)16-31-24(43)17-1-4-37(5-2-17)19(41)3-14-45/h3,15,17,22,41,45H,1-2,4-14,16H2,(H,31,43)(H2,30,32,33)/p-1/b19-3+. The zero-order valence-corrected chi connectivity index (χ0v) is 25.5. The highest BCUT2D eigenvalue weighted by molar-refractivity contribution is 7.80. The summed E-state index contributed by atoms with van der Waals surface area (Å²) < 4.78 is 33.2. The van der Waals surface area contributed by atoms with Crippen LogP contribution in [0.3, 0.4) is 0 Å². The van der Waals surface area contributed by atoms with Gasteiger partial charge in [0.15, 0.2) is 5.82 Å². The van der Waals surface area contributed by atoms with Crippen LogP contribution in [0, 0.1) is 5.92 Å². The number of nitrogens with zero attached hydrogens (tertiary/aromatic N) is 9. The Morgan fingerprint density at radius 3 is 2.27 bits per heavy atom. The third-order valence-corrected chi connectivity index (χ3v) is 8.15. The summed E-state index contributed by atoms with van der Waals surface area (Å²) in [5, 5.41) is 14.8. The number of carbonyl (C=O) groups is 2. The number of aromatic nitrogens is 5. The molecule has 5 rings (SSSR count). The number of piperazine rings is 1. The molecule has 3 aliphatic heterocycles. The number of nitrogens with two attached hydrogens (primary N) is 1. The number of amides is 2. The Kier molecular flexibility index (Phi) is 10.6. The van der Waals surface area contributed by atoms with Crippen LogP contribution in [0.15, 0.2) is 18.2 Å². The predicted molar refractivity (Wildman–Crippen MR) is 161 cm³/mol. The van der Waals surface area contributed by atoms with Crippen molar-refractivity contribution in [1.29, 1.82) is 0 Å². The van der Waals surface area contributed by atoms with E-state index in [0.29, 0.717) is 90.1 Å². The number of ether oxygens (including phenoxy) is 1. The van der Waals surface area contributed by atoms with Gasteiger partial charge in [0.25, 0.3) is 6.43 Å². The van der Waals surface area contributed by atoms with Crippen LogP contribution in [0.4, 0.5) is 26.6 Å². The molecule has 3 N–H and O–H groups in total. The molecule has 2 amide bonds. The number of morpholine rings is 1. The summed E-state index contributed by atoms with van der Waals surface area (Å²) in [5.74, 6) is -0.0976. The molecule has 3 saturated heterocycles. The van der Waals surface area contributed by atoms with E-state index in [4.69, 9.17) is 10.5 Å². The minimum Gasteiger partial charge on any atom is -0.861 e. The largest absolute Gasteiger partial charge is 0.861 e. The number of likely N-dealkylation sites (tertiary alicyclic amines) is 1. The fourth-order valence-electron chi connectivity index (χ4n) is 5.41. The number of piperidine rings is 1. The van der Waals surface area contributed by atoms with Gasteiger partial charge in [0.2, 0.25) is 29.7 Å². The summed E-state index contributed by atoms with van der Waals surface area (Å²) in [6.45, 7) is 4.25. The highest BCUT2D eigenvalue weighted by Gasteiger charge is 2.29. The van der Waals surface area contributed by atoms with E-state index in [-0.39, 0.29) is 53.4 Å². The van der Waals surface area contributed by atoms with Crippen LogP contribution in [0.5, 0.6) is 0 Å². The number of hydrogen-bond donors (Lipinski definition) is 3. The van der Waals surface area contributed by atoms with Gasteiger partial charge in [0.05, 0.1) is 25.3 Å². The Hall–Kier alpha value is -4.06. The third-order valence-electron chi connectivity index (χ3n) is 7.96. The Bertz CT molecular complexity index is 1380. The molecular weight excluding hydrogens is 612 g/mol. The van der Waals surface area contributed by atoms with Crippen LogP contribution in [-0.2, 0) is 14.3 Å².